The molecule has 0 radical (unpaired) electrons. The van der Waals surface area contributed by atoms with E-state index in [4.69, 9.17) is 14.2 Å². The predicted molar refractivity (Wildman–Crippen MR) is 76.1 cm³/mol. The second-order valence-electron chi connectivity index (χ2n) is 5.17. The smallest absolute Gasteiger partial charge is 0.231 e. The van der Waals surface area contributed by atoms with Crippen LogP contribution in [0.2, 0.25) is 0 Å². The van der Waals surface area contributed by atoms with Gasteiger partial charge in [-0.25, -0.2) is 0 Å². The molecule has 0 aliphatic carbocycles. The Labute approximate surface area is 119 Å². The maximum atomic E-state index is 5.78. The minimum absolute atomic E-state index is 0.276. The zero-order chi connectivity index (χ0) is 13.8. The highest BCUT2D eigenvalue weighted by molar-refractivity contribution is 5.48. The van der Waals surface area contributed by atoms with Gasteiger partial charge in [0.25, 0.3) is 0 Å². The van der Waals surface area contributed by atoms with Crippen molar-refractivity contribution in [3.63, 3.8) is 0 Å². The van der Waals surface area contributed by atoms with E-state index in [1.54, 1.807) is 0 Å². The molecule has 0 spiro atoms. The summed E-state index contributed by atoms with van der Waals surface area (Å²) in [4.78, 5) is 2.42. The molecular weight excluding hydrogens is 256 g/mol. The molecule has 1 aromatic carbocycles. The summed E-state index contributed by atoms with van der Waals surface area (Å²) < 4.78 is 16.7. The van der Waals surface area contributed by atoms with E-state index in [-0.39, 0.29) is 6.10 Å². The first kappa shape index (κ1) is 13.7. The molecule has 1 fully saturated rings. The van der Waals surface area contributed by atoms with E-state index in [9.17, 15) is 0 Å². The van der Waals surface area contributed by atoms with Crippen LogP contribution in [0.25, 0.3) is 0 Å². The van der Waals surface area contributed by atoms with Crippen LogP contribution >= 0.6 is 0 Å². The van der Waals surface area contributed by atoms with Crippen LogP contribution < -0.4 is 14.8 Å². The second-order valence-corrected chi connectivity index (χ2v) is 5.17. The van der Waals surface area contributed by atoms with Gasteiger partial charge in [0.2, 0.25) is 6.79 Å². The Bertz CT molecular complexity index is 453. The van der Waals surface area contributed by atoms with Crippen LogP contribution in [0.3, 0.4) is 0 Å². The number of hydrogen-bond donors (Lipinski definition) is 1. The zero-order valence-electron chi connectivity index (χ0n) is 11.9. The number of rotatable bonds is 5. The van der Waals surface area contributed by atoms with Gasteiger partial charge in [-0.05, 0) is 12.6 Å². The van der Waals surface area contributed by atoms with Crippen LogP contribution in [-0.4, -0.2) is 50.6 Å². The lowest BCUT2D eigenvalue weighted by Crippen LogP contribution is -2.46. The van der Waals surface area contributed by atoms with Gasteiger partial charge in [-0.15, -0.1) is 0 Å². The highest BCUT2D eigenvalue weighted by Crippen LogP contribution is 2.35. The highest BCUT2D eigenvalue weighted by atomic mass is 16.7. The fourth-order valence-corrected chi connectivity index (χ4v) is 2.69. The minimum Gasteiger partial charge on any atom is -0.454 e. The summed E-state index contributed by atoms with van der Waals surface area (Å²) >= 11 is 0. The van der Waals surface area contributed by atoms with Crippen LogP contribution in [0.15, 0.2) is 18.2 Å². The Kier molecular flexibility index (Phi) is 4.40. The number of nitrogens with zero attached hydrogens (tertiary/aromatic N) is 1. The SMILES string of the molecule is CCN1CCO[C@H](CNCc2cccc3c2OCO3)C1. The molecular formula is C15H22N2O3. The van der Waals surface area contributed by atoms with Gasteiger partial charge in [0, 0.05) is 31.7 Å². The molecule has 5 nitrogen and oxygen atoms in total. The Hall–Kier alpha value is -1.30. The Morgan fingerprint density at radius 2 is 2.30 bits per heavy atom. The van der Waals surface area contributed by atoms with Crippen molar-refractivity contribution in [2.45, 2.75) is 19.6 Å². The summed E-state index contributed by atoms with van der Waals surface area (Å²) in [5.41, 5.74) is 1.14. The first-order chi connectivity index (χ1) is 9.86. The van der Waals surface area contributed by atoms with Gasteiger partial charge in [-0.2, -0.15) is 0 Å². The molecule has 1 N–H and O–H groups in total. The average Bonchev–Trinajstić information content (AvgIpc) is 2.97. The first-order valence-corrected chi connectivity index (χ1v) is 7.29. The quantitative estimate of drug-likeness (QED) is 0.877. The van der Waals surface area contributed by atoms with E-state index >= 15 is 0 Å². The Balaban J connectivity index is 1.49. The van der Waals surface area contributed by atoms with E-state index in [2.05, 4.69) is 23.2 Å². The molecule has 0 unspecified atom stereocenters. The lowest BCUT2D eigenvalue weighted by Gasteiger charge is -2.32. The zero-order valence-corrected chi connectivity index (χ0v) is 11.9. The van der Waals surface area contributed by atoms with Gasteiger partial charge >= 0.3 is 0 Å². The van der Waals surface area contributed by atoms with Crippen molar-refractivity contribution in [1.29, 1.82) is 0 Å². The maximum absolute atomic E-state index is 5.78. The van der Waals surface area contributed by atoms with Crippen molar-refractivity contribution in [2.24, 2.45) is 0 Å². The molecule has 2 heterocycles. The molecule has 5 heteroatoms. The summed E-state index contributed by atoms with van der Waals surface area (Å²) in [6.45, 7) is 8.14. The molecule has 20 heavy (non-hydrogen) atoms. The standard InChI is InChI=1S/C15H22N2O3/c1-2-17-6-7-18-13(10-17)9-16-8-12-4-3-5-14-15(12)20-11-19-14/h3-5,13,16H,2,6-11H2,1H3/t13-/m1/s1. The third-order valence-corrected chi connectivity index (χ3v) is 3.84. The summed E-state index contributed by atoms with van der Waals surface area (Å²) in [6.07, 6.45) is 0.276. The summed E-state index contributed by atoms with van der Waals surface area (Å²) in [7, 11) is 0. The van der Waals surface area contributed by atoms with E-state index in [1.807, 2.05) is 12.1 Å². The molecule has 0 bridgehead atoms. The Morgan fingerprint density at radius 1 is 1.35 bits per heavy atom. The van der Waals surface area contributed by atoms with Crippen LogP contribution in [-0.2, 0) is 11.3 Å². The summed E-state index contributed by atoms with van der Waals surface area (Å²) in [6, 6.07) is 6.01. The van der Waals surface area contributed by atoms with Gasteiger partial charge in [0.1, 0.15) is 0 Å². The fraction of sp³-hybridized carbons (Fsp3) is 0.600. The van der Waals surface area contributed by atoms with Crippen molar-refractivity contribution in [2.75, 3.05) is 39.6 Å². The summed E-state index contributed by atoms with van der Waals surface area (Å²) in [5, 5.41) is 3.46. The molecule has 1 aromatic rings. The number of morpholine rings is 1. The number of benzene rings is 1. The molecule has 1 atom stereocenters. The lowest BCUT2D eigenvalue weighted by atomic mass is 10.2. The number of hydrogen-bond acceptors (Lipinski definition) is 5. The van der Waals surface area contributed by atoms with Crippen LogP contribution in [0, 0.1) is 0 Å². The average molecular weight is 278 g/mol. The van der Waals surface area contributed by atoms with Gasteiger partial charge in [-0.1, -0.05) is 19.1 Å². The largest absolute Gasteiger partial charge is 0.454 e. The maximum Gasteiger partial charge on any atom is 0.231 e. The number of fused-ring (bicyclic) bond motifs is 1. The van der Waals surface area contributed by atoms with Gasteiger partial charge in [0.05, 0.1) is 12.7 Å². The van der Waals surface area contributed by atoms with Crippen LogP contribution in [0.4, 0.5) is 0 Å². The fourth-order valence-electron chi connectivity index (χ4n) is 2.69. The topological polar surface area (TPSA) is 43.0 Å². The molecule has 0 aromatic heterocycles. The summed E-state index contributed by atoms with van der Waals surface area (Å²) in [5.74, 6) is 1.72. The van der Waals surface area contributed by atoms with E-state index in [0.29, 0.717) is 6.79 Å². The normalized spacial score (nSPS) is 22.1. The highest BCUT2D eigenvalue weighted by Gasteiger charge is 2.20. The van der Waals surface area contributed by atoms with Crippen molar-refractivity contribution in [1.82, 2.24) is 10.2 Å². The van der Waals surface area contributed by atoms with Crippen LogP contribution in [0.1, 0.15) is 12.5 Å². The minimum atomic E-state index is 0.276. The molecule has 2 aliphatic heterocycles. The van der Waals surface area contributed by atoms with Crippen molar-refractivity contribution < 1.29 is 14.2 Å². The third-order valence-electron chi connectivity index (χ3n) is 3.84. The van der Waals surface area contributed by atoms with Crippen molar-refractivity contribution in [3.8, 4) is 11.5 Å². The second kappa shape index (κ2) is 6.43. The number of ether oxygens (including phenoxy) is 3. The number of nitrogens with one attached hydrogen (secondary N) is 1. The number of likely N-dealkylation sites (N-methyl/N-ethyl adjacent to an activating group) is 1. The molecule has 1 saturated heterocycles. The molecule has 0 amide bonds. The molecule has 3 rings (SSSR count). The van der Waals surface area contributed by atoms with Crippen LogP contribution in [0.5, 0.6) is 11.5 Å². The van der Waals surface area contributed by atoms with Gasteiger partial charge in [0.15, 0.2) is 11.5 Å². The van der Waals surface area contributed by atoms with E-state index in [1.165, 1.54) is 0 Å². The first-order valence-electron chi connectivity index (χ1n) is 7.29. The van der Waals surface area contributed by atoms with E-state index < -0.39 is 0 Å². The van der Waals surface area contributed by atoms with E-state index in [0.717, 1.165) is 56.4 Å². The third kappa shape index (κ3) is 3.06. The van der Waals surface area contributed by atoms with Gasteiger partial charge < -0.3 is 19.5 Å². The lowest BCUT2D eigenvalue weighted by molar-refractivity contribution is -0.0253. The van der Waals surface area contributed by atoms with Crippen molar-refractivity contribution in [3.05, 3.63) is 23.8 Å². The molecule has 2 aliphatic rings. The monoisotopic (exact) mass is 278 g/mol. The number of para-hydroxylation sites is 1. The molecule has 0 saturated carbocycles. The predicted octanol–water partition coefficient (Wildman–Crippen LogP) is 1.23. The molecule has 110 valence electrons. The van der Waals surface area contributed by atoms with Gasteiger partial charge in [-0.3, -0.25) is 4.90 Å². The Morgan fingerprint density at radius 3 is 3.20 bits per heavy atom. The van der Waals surface area contributed by atoms with Crippen molar-refractivity contribution >= 4 is 0 Å².